The average Bonchev–Trinajstić information content (AvgIpc) is 3.15. The van der Waals surface area contributed by atoms with E-state index in [4.69, 9.17) is 0 Å². The zero-order valence-corrected chi connectivity index (χ0v) is 14.8. The van der Waals surface area contributed by atoms with Crippen LogP contribution in [0.1, 0.15) is 32.9 Å². The van der Waals surface area contributed by atoms with Crippen molar-refractivity contribution in [3.63, 3.8) is 0 Å². The Bertz CT molecular complexity index is 950. The molecule has 0 radical (unpaired) electrons. The van der Waals surface area contributed by atoms with Crippen LogP contribution < -0.4 is 5.32 Å². The maximum atomic E-state index is 13.2. The summed E-state index contributed by atoms with van der Waals surface area (Å²) in [7, 11) is 0. The maximum Gasteiger partial charge on any atom is 0.255 e. The molecule has 0 saturated heterocycles. The van der Waals surface area contributed by atoms with Gasteiger partial charge in [0, 0.05) is 6.04 Å². The Kier molecular flexibility index (Phi) is 4.07. The molecule has 1 aromatic heterocycles. The molecule has 1 N–H and O–H groups in total. The number of nitrogens with zero attached hydrogens (tertiary/aromatic N) is 2. The van der Waals surface area contributed by atoms with Crippen LogP contribution in [0.2, 0.25) is 0 Å². The fourth-order valence-corrected chi connectivity index (χ4v) is 3.72. The topological polar surface area (TPSA) is 46.9 Å². The van der Waals surface area contributed by atoms with Gasteiger partial charge in [-0.05, 0) is 62.1 Å². The smallest absolute Gasteiger partial charge is 0.255 e. The van der Waals surface area contributed by atoms with E-state index < -0.39 is 0 Å². The van der Waals surface area contributed by atoms with Crippen molar-refractivity contribution in [2.45, 2.75) is 32.7 Å². The predicted octanol–water partition coefficient (Wildman–Crippen LogP) is 3.53. The first-order chi connectivity index (χ1) is 12.5. The quantitative estimate of drug-likeness (QED) is 0.786. The number of fused-ring (bicyclic) bond motifs is 1. The van der Waals surface area contributed by atoms with Crippen LogP contribution in [0, 0.1) is 19.7 Å². The summed E-state index contributed by atoms with van der Waals surface area (Å²) in [6, 6.07) is 14.5. The van der Waals surface area contributed by atoms with E-state index in [0.717, 1.165) is 24.2 Å². The molecule has 1 amide bonds. The molecule has 1 aliphatic carbocycles. The third-order valence-corrected chi connectivity index (χ3v) is 4.98. The lowest BCUT2D eigenvalue weighted by Gasteiger charge is -2.12. The highest BCUT2D eigenvalue weighted by atomic mass is 19.1. The van der Waals surface area contributed by atoms with Crippen molar-refractivity contribution < 1.29 is 9.18 Å². The highest BCUT2D eigenvalue weighted by Gasteiger charge is 2.26. The summed E-state index contributed by atoms with van der Waals surface area (Å²) in [5, 5.41) is 7.62. The second-order valence-corrected chi connectivity index (χ2v) is 6.78. The summed E-state index contributed by atoms with van der Waals surface area (Å²) in [5.74, 6) is -0.403. The zero-order valence-electron chi connectivity index (χ0n) is 14.8. The minimum Gasteiger partial charge on any atom is -0.349 e. The van der Waals surface area contributed by atoms with Gasteiger partial charge in [0.1, 0.15) is 5.82 Å². The fourth-order valence-electron chi connectivity index (χ4n) is 3.72. The number of benzene rings is 2. The molecule has 0 bridgehead atoms. The predicted molar refractivity (Wildman–Crippen MR) is 98.1 cm³/mol. The van der Waals surface area contributed by atoms with Crippen molar-refractivity contribution >= 4 is 5.91 Å². The van der Waals surface area contributed by atoms with Crippen LogP contribution in [0.3, 0.4) is 0 Å². The highest BCUT2D eigenvalue weighted by molar-refractivity contribution is 5.96. The first kappa shape index (κ1) is 16.5. The van der Waals surface area contributed by atoms with Crippen LogP contribution in [0.15, 0.2) is 48.5 Å². The Labute approximate surface area is 151 Å². The number of halogens is 1. The standard InChI is InChI=1S/C21H20FN3O/c1-13-20(14(2)25(24-13)19-9-7-17(22)8-10-19)21(26)23-18-11-15-5-3-4-6-16(15)12-18/h3-10,18H,11-12H2,1-2H3,(H,23,26). The number of rotatable bonds is 3. The summed E-state index contributed by atoms with van der Waals surface area (Å²) in [6.45, 7) is 3.69. The van der Waals surface area contributed by atoms with E-state index in [1.54, 1.807) is 16.8 Å². The van der Waals surface area contributed by atoms with Gasteiger partial charge in [-0.25, -0.2) is 9.07 Å². The Morgan fingerprint density at radius 2 is 1.69 bits per heavy atom. The van der Waals surface area contributed by atoms with Crippen LogP contribution in [0.5, 0.6) is 0 Å². The maximum absolute atomic E-state index is 13.2. The number of nitrogens with one attached hydrogen (secondary N) is 1. The van der Waals surface area contributed by atoms with Crippen molar-refractivity contribution in [2.24, 2.45) is 0 Å². The SMILES string of the molecule is Cc1nn(-c2ccc(F)cc2)c(C)c1C(=O)NC1Cc2ccccc2C1. The first-order valence-corrected chi connectivity index (χ1v) is 8.72. The Morgan fingerprint density at radius 1 is 1.08 bits per heavy atom. The minimum atomic E-state index is -0.297. The third kappa shape index (κ3) is 2.90. The summed E-state index contributed by atoms with van der Waals surface area (Å²) in [5.41, 5.74) is 5.34. The van der Waals surface area contributed by atoms with E-state index in [2.05, 4.69) is 22.5 Å². The van der Waals surface area contributed by atoms with Crippen molar-refractivity contribution in [1.82, 2.24) is 15.1 Å². The van der Waals surface area contributed by atoms with E-state index >= 15 is 0 Å². The lowest BCUT2D eigenvalue weighted by atomic mass is 10.1. The molecule has 0 saturated carbocycles. The number of aromatic nitrogens is 2. The molecule has 5 heteroatoms. The van der Waals surface area contributed by atoms with Gasteiger partial charge in [-0.3, -0.25) is 4.79 Å². The summed E-state index contributed by atoms with van der Waals surface area (Å²) in [6.07, 6.45) is 1.71. The van der Waals surface area contributed by atoms with Gasteiger partial charge in [-0.1, -0.05) is 24.3 Å². The molecular weight excluding hydrogens is 329 g/mol. The van der Waals surface area contributed by atoms with Gasteiger partial charge < -0.3 is 5.32 Å². The Balaban J connectivity index is 1.56. The Morgan fingerprint density at radius 3 is 2.31 bits per heavy atom. The number of carbonyl (C=O) groups excluding carboxylic acids is 1. The molecule has 1 aliphatic rings. The number of aryl methyl sites for hydroxylation is 1. The third-order valence-electron chi connectivity index (χ3n) is 4.98. The molecule has 0 atom stereocenters. The first-order valence-electron chi connectivity index (χ1n) is 8.72. The Hall–Kier alpha value is -2.95. The monoisotopic (exact) mass is 349 g/mol. The van der Waals surface area contributed by atoms with Crippen LogP contribution in [-0.2, 0) is 12.8 Å². The van der Waals surface area contributed by atoms with Crippen molar-refractivity contribution in [1.29, 1.82) is 0 Å². The van der Waals surface area contributed by atoms with Gasteiger partial charge in [0.25, 0.3) is 5.91 Å². The van der Waals surface area contributed by atoms with Crippen molar-refractivity contribution in [2.75, 3.05) is 0 Å². The van der Waals surface area contributed by atoms with Gasteiger partial charge in [0.05, 0.1) is 22.6 Å². The molecule has 1 heterocycles. The summed E-state index contributed by atoms with van der Waals surface area (Å²) in [4.78, 5) is 12.9. The number of hydrogen-bond donors (Lipinski definition) is 1. The molecule has 0 unspecified atom stereocenters. The molecule has 0 fully saturated rings. The fraction of sp³-hybridized carbons (Fsp3) is 0.238. The molecule has 0 aliphatic heterocycles. The van der Waals surface area contributed by atoms with E-state index in [9.17, 15) is 9.18 Å². The molecule has 26 heavy (non-hydrogen) atoms. The van der Waals surface area contributed by atoms with Crippen LogP contribution in [-0.4, -0.2) is 21.7 Å². The van der Waals surface area contributed by atoms with E-state index in [1.165, 1.54) is 23.3 Å². The highest BCUT2D eigenvalue weighted by Crippen LogP contribution is 2.23. The van der Waals surface area contributed by atoms with Crippen LogP contribution in [0.4, 0.5) is 4.39 Å². The van der Waals surface area contributed by atoms with Gasteiger partial charge in [-0.15, -0.1) is 0 Å². The molecule has 0 spiro atoms. The second kappa shape index (κ2) is 6.41. The molecule has 4 rings (SSSR count). The normalized spacial score (nSPS) is 13.7. The van der Waals surface area contributed by atoms with E-state index in [-0.39, 0.29) is 17.8 Å². The van der Waals surface area contributed by atoms with Gasteiger partial charge in [0.2, 0.25) is 0 Å². The van der Waals surface area contributed by atoms with Crippen molar-refractivity contribution in [3.8, 4) is 5.69 Å². The largest absolute Gasteiger partial charge is 0.349 e. The summed E-state index contributed by atoms with van der Waals surface area (Å²) >= 11 is 0. The molecule has 3 aromatic rings. The summed E-state index contributed by atoms with van der Waals surface area (Å²) < 4.78 is 14.8. The molecular formula is C21H20FN3O. The average molecular weight is 349 g/mol. The number of carbonyl (C=O) groups is 1. The van der Waals surface area contributed by atoms with Crippen molar-refractivity contribution in [3.05, 3.63) is 82.4 Å². The van der Waals surface area contributed by atoms with Gasteiger partial charge in [-0.2, -0.15) is 5.10 Å². The van der Waals surface area contributed by atoms with E-state index in [0.29, 0.717) is 11.3 Å². The van der Waals surface area contributed by atoms with Crippen LogP contribution in [0.25, 0.3) is 5.69 Å². The zero-order chi connectivity index (χ0) is 18.3. The molecule has 132 valence electrons. The van der Waals surface area contributed by atoms with Crippen LogP contribution >= 0.6 is 0 Å². The second-order valence-electron chi connectivity index (χ2n) is 6.78. The molecule has 2 aromatic carbocycles. The molecule has 4 nitrogen and oxygen atoms in total. The lowest BCUT2D eigenvalue weighted by Crippen LogP contribution is -2.35. The van der Waals surface area contributed by atoms with Gasteiger partial charge in [0.15, 0.2) is 0 Å². The lowest BCUT2D eigenvalue weighted by molar-refractivity contribution is 0.0937. The van der Waals surface area contributed by atoms with Gasteiger partial charge >= 0.3 is 0 Å². The minimum absolute atomic E-state index is 0.105. The van der Waals surface area contributed by atoms with E-state index in [1.807, 2.05) is 26.0 Å². The number of hydrogen-bond acceptors (Lipinski definition) is 2. The number of amides is 1.